The molecule has 5 rings (SSSR count). The molecule has 0 amide bonds. The monoisotopic (exact) mass is 386 g/mol. The minimum absolute atomic E-state index is 0.119. The van der Waals surface area contributed by atoms with Crippen LogP contribution in [0, 0.1) is 0 Å². The molecule has 0 N–H and O–H groups in total. The van der Waals surface area contributed by atoms with Crippen molar-refractivity contribution in [3.8, 4) is 5.69 Å². The van der Waals surface area contributed by atoms with Crippen LogP contribution >= 0.6 is 11.6 Å². The maximum absolute atomic E-state index is 13.0. The van der Waals surface area contributed by atoms with Gasteiger partial charge in [0.15, 0.2) is 5.65 Å². The van der Waals surface area contributed by atoms with Gasteiger partial charge in [0, 0.05) is 5.02 Å². The van der Waals surface area contributed by atoms with Gasteiger partial charge in [0.1, 0.15) is 11.7 Å². The van der Waals surface area contributed by atoms with E-state index in [0.29, 0.717) is 22.6 Å². The van der Waals surface area contributed by atoms with Crippen LogP contribution in [0.1, 0.15) is 5.56 Å². The standard InChI is InChI=1S/C22H15ClN4O/c23-17-8-4-9-18(11-17)27-21-20(12-25-27)22(28)26(14-24-21)13-16-7-3-6-15-5-1-2-10-19(15)16/h1-12,14H,13H2. The highest BCUT2D eigenvalue weighted by Gasteiger charge is 2.12. The summed E-state index contributed by atoms with van der Waals surface area (Å²) < 4.78 is 3.25. The van der Waals surface area contributed by atoms with Gasteiger partial charge in [-0.2, -0.15) is 5.10 Å². The Morgan fingerprint density at radius 3 is 2.64 bits per heavy atom. The van der Waals surface area contributed by atoms with Gasteiger partial charge in [-0.05, 0) is 34.5 Å². The molecule has 0 saturated carbocycles. The molecule has 2 heterocycles. The number of benzene rings is 3. The molecule has 0 spiro atoms. The van der Waals surface area contributed by atoms with Crippen LogP contribution in [0.25, 0.3) is 27.5 Å². The number of nitrogens with zero attached hydrogens (tertiary/aromatic N) is 4. The molecule has 0 aliphatic heterocycles. The second-order valence-electron chi connectivity index (χ2n) is 6.59. The molecule has 3 aromatic carbocycles. The number of fused-ring (bicyclic) bond motifs is 2. The first kappa shape index (κ1) is 16.7. The zero-order valence-corrected chi connectivity index (χ0v) is 15.5. The Bertz CT molecular complexity index is 1380. The van der Waals surface area contributed by atoms with Crippen molar-refractivity contribution in [1.82, 2.24) is 19.3 Å². The van der Waals surface area contributed by atoms with E-state index in [1.807, 2.05) is 36.4 Å². The van der Waals surface area contributed by atoms with Crippen molar-refractivity contribution >= 4 is 33.4 Å². The minimum atomic E-state index is -0.119. The Balaban J connectivity index is 1.60. The summed E-state index contributed by atoms with van der Waals surface area (Å²) in [6.45, 7) is 0.450. The van der Waals surface area contributed by atoms with E-state index in [0.717, 1.165) is 22.0 Å². The number of hydrogen-bond donors (Lipinski definition) is 0. The van der Waals surface area contributed by atoms with E-state index < -0.39 is 0 Å². The predicted octanol–water partition coefficient (Wildman–Crippen LogP) is 4.44. The molecule has 136 valence electrons. The third-order valence-corrected chi connectivity index (χ3v) is 5.06. The van der Waals surface area contributed by atoms with Gasteiger partial charge < -0.3 is 0 Å². The third kappa shape index (κ3) is 2.77. The van der Waals surface area contributed by atoms with Crippen molar-refractivity contribution in [2.75, 3.05) is 0 Å². The van der Waals surface area contributed by atoms with Gasteiger partial charge in [0.25, 0.3) is 5.56 Å². The zero-order valence-electron chi connectivity index (χ0n) is 14.8. The average molecular weight is 387 g/mol. The van der Waals surface area contributed by atoms with Crippen molar-refractivity contribution in [3.63, 3.8) is 0 Å². The Morgan fingerprint density at radius 1 is 0.929 bits per heavy atom. The van der Waals surface area contributed by atoms with Crippen molar-refractivity contribution in [3.05, 3.63) is 100 Å². The van der Waals surface area contributed by atoms with Crippen molar-refractivity contribution in [2.24, 2.45) is 0 Å². The number of rotatable bonds is 3. The third-order valence-electron chi connectivity index (χ3n) is 4.83. The van der Waals surface area contributed by atoms with Gasteiger partial charge in [-0.15, -0.1) is 0 Å². The number of halogens is 1. The van der Waals surface area contributed by atoms with E-state index in [1.54, 1.807) is 33.9 Å². The first-order valence-corrected chi connectivity index (χ1v) is 9.24. The number of aromatic nitrogens is 4. The van der Waals surface area contributed by atoms with Crippen LogP contribution in [-0.4, -0.2) is 19.3 Å². The van der Waals surface area contributed by atoms with E-state index >= 15 is 0 Å². The largest absolute Gasteiger partial charge is 0.294 e. The molecular formula is C22H15ClN4O. The summed E-state index contributed by atoms with van der Waals surface area (Å²) in [7, 11) is 0. The van der Waals surface area contributed by atoms with E-state index in [4.69, 9.17) is 11.6 Å². The van der Waals surface area contributed by atoms with Gasteiger partial charge in [0.05, 0.1) is 18.4 Å². The molecule has 2 aromatic heterocycles. The Labute approximate surface area is 165 Å². The maximum Gasteiger partial charge on any atom is 0.264 e. The molecule has 0 radical (unpaired) electrons. The molecule has 5 nitrogen and oxygen atoms in total. The summed E-state index contributed by atoms with van der Waals surface area (Å²) in [6, 6.07) is 21.6. The lowest BCUT2D eigenvalue weighted by atomic mass is 10.0. The fraction of sp³-hybridized carbons (Fsp3) is 0.0455. The first-order valence-electron chi connectivity index (χ1n) is 8.86. The summed E-state index contributed by atoms with van der Waals surface area (Å²) in [5, 5.41) is 7.70. The fourth-order valence-electron chi connectivity index (χ4n) is 3.47. The van der Waals surface area contributed by atoms with Crippen LogP contribution in [0.3, 0.4) is 0 Å². The van der Waals surface area contributed by atoms with Crippen molar-refractivity contribution in [2.45, 2.75) is 6.54 Å². The zero-order chi connectivity index (χ0) is 19.1. The molecule has 5 aromatic rings. The molecule has 0 saturated heterocycles. The fourth-order valence-corrected chi connectivity index (χ4v) is 3.66. The second-order valence-corrected chi connectivity index (χ2v) is 7.03. The smallest absolute Gasteiger partial charge is 0.264 e. The highest BCUT2D eigenvalue weighted by molar-refractivity contribution is 6.30. The highest BCUT2D eigenvalue weighted by atomic mass is 35.5. The van der Waals surface area contributed by atoms with Crippen LogP contribution < -0.4 is 5.56 Å². The molecule has 0 unspecified atom stereocenters. The van der Waals surface area contributed by atoms with Gasteiger partial charge >= 0.3 is 0 Å². The highest BCUT2D eigenvalue weighted by Crippen LogP contribution is 2.20. The van der Waals surface area contributed by atoms with Crippen LogP contribution in [-0.2, 0) is 6.54 Å². The molecule has 0 fully saturated rings. The van der Waals surface area contributed by atoms with Crippen molar-refractivity contribution < 1.29 is 0 Å². The Hall–Kier alpha value is -3.44. The van der Waals surface area contributed by atoms with E-state index in [1.165, 1.54) is 0 Å². The van der Waals surface area contributed by atoms with Crippen LogP contribution in [0.5, 0.6) is 0 Å². The molecule has 0 atom stereocenters. The molecule has 0 aliphatic carbocycles. The molecule has 6 heteroatoms. The summed E-state index contributed by atoms with van der Waals surface area (Å²) in [5.74, 6) is 0. The van der Waals surface area contributed by atoms with Gasteiger partial charge in [0.2, 0.25) is 0 Å². The van der Waals surface area contributed by atoms with E-state index in [2.05, 4.69) is 28.3 Å². The quantitative estimate of drug-likeness (QED) is 0.460. The normalized spacial score (nSPS) is 11.3. The minimum Gasteiger partial charge on any atom is -0.294 e. The van der Waals surface area contributed by atoms with Crippen LogP contribution in [0.15, 0.2) is 84.0 Å². The van der Waals surface area contributed by atoms with E-state index in [-0.39, 0.29) is 5.56 Å². The van der Waals surface area contributed by atoms with Gasteiger partial charge in [-0.25, -0.2) is 9.67 Å². The lowest BCUT2D eigenvalue weighted by Gasteiger charge is -2.09. The van der Waals surface area contributed by atoms with Gasteiger partial charge in [-0.1, -0.05) is 60.1 Å². The average Bonchev–Trinajstić information content (AvgIpc) is 3.15. The van der Waals surface area contributed by atoms with E-state index in [9.17, 15) is 4.79 Å². The maximum atomic E-state index is 13.0. The molecular weight excluding hydrogens is 372 g/mol. The summed E-state index contributed by atoms with van der Waals surface area (Å²) in [5.41, 5.74) is 2.23. The lowest BCUT2D eigenvalue weighted by Crippen LogP contribution is -2.21. The lowest BCUT2D eigenvalue weighted by molar-refractivity contribution is 0.749. The summed E-state index contributed by atoms with van der Waals surface area (Å²) >= 11 is 6.08. The van der Waals surface area contributed by atoms with Gasteiger partial charge in [-0.3, -0.25) is 9.36 Å². The second kappa shape index (κ2) is 6.62. The number of hydrogen-bond acceptors (Lipinski definition) is 3. The first-order chi connectivity index (χ1) is 13.7. The summed E-state index contributed by atoms with van der Waals surface area (Å²) in [4.78, 5) is 17.5. The Kier molecular flexibility index (Phi) is 3.95. The Morgan fingerprint density at radius 2 is 1.75 bits per heavy atom. The van der Waals surface area contributed by atoms with Crippen molar-refractivity contribution in [1.29, 1.82) is 0 Å². The van der Waals surface area contributed by atoms with Crippen LogP contribution in [0.4, 0.5) is 0 Å². The molecule has 0 bridgehead atoms. The van der Waals surface area contributed by atoms with Crippen LogP contribution in [0.2, 0.25) is 5.02 Å². The predicted molar refractivity (Wildman–Crippen MR) is 111 cm³/mol. The molecule has 0 aliphatic rings. The SMILES string of the molecule is O=c1c2cnn(-c3cccc(Cl)c3)c2ncn1Cc1cccc2ccccc12. The topological polar surface area (TPSA) is 52.7 Å². The molecule has 28 heavy (non-hydrogen) atoms. The summed E-state index contributed by atoms with van der Waals surface area (Å²) in [6.07, 6.45) is 3.14.